The molecule has 0 saturated carbocycles. The molecule has 0 saturated heterocycles. The van der Waals surface area contributed by atoms with Gasteiger partial charge in [0.05, 0.1) is 0 Å². The van der Waals surface area contributed by atoms with Gasteiger partial charge in [0.1, 0.15) is 4.88 Å². The van der Waals surface area contributed by atoms with E-state index in [0.717, 1.165) is 24.3 Å². The molecule has 1 rings (SSSR count). The van der Waals surface area contributed by atoms with E-state index in [9.17, 15) is 4.79 Å². The second-order valence-corrected chi connectivity index (χ2v) is 4.63. The summed E-state index contributed by atoms with van der Waals surface area (Å²) in [5.74, 6) is -0.839. The first-order valence-corrected chi connectivity index (χ1v) is 6.04. The van der Waals surface area contributed by atoms with Gasteiger partial charge in [-0.2, -0.15) is 0 Å². The largest absolute Gasteiger partial charge is 0.477 e. The number of carbonyl (C=O) groups is 1. The summed E-state index contributed by atoms with van der Waals surface area (Å²) < 4.78 is 0. The Hall–Kier alpha value is -0.870. The molecule has 1 aromatic rings. The highest BCUT2D eigenvalue weighted by molar-refractivity contribution is 7.13. The van der Waals surface area contributed by atoms with Crippen LogP contribution < -0.4 is 5.32 Å². The predicted octanol–water partition coefficient (Wildman–Crippen LogP) is 2.72. The first-order chi connectivity index (χ1) is 7.17. The van der Waals surface area contributed by atoms with E-state index in [0.29, 0.717) is 10.9 Å². The van der Waals surface area contributed by atoms with Crippen molar-refractivity contribution in [1.29, 1.82) is 0 Å². The molecule has 3 nitrogen and oxygen atoms in total. The Labute approximate surface area is 94.1 Å². The number of aromatic carboxylic acids is 1. The van der Waals surface area contributed by atoms with Crippen molar-refractivity contribution in [3.8, 4) is 0 Å². The van der Waals surface area contributed by atoms with Crippen LogP contribution in [0.4, 0.5) is 0 Å². The van der Waals surface area contributed by atoms with Gasteiger partial charge in [-0.25, -0.2) is 4.79 Å². The van der Waals surface area contributed by atoms with Gasteiger partial charge in [0.25, 0.3) is 0 Å². The Balaban J connectivity index is 2.47. The van der Waals surface area contributed by atoms with Gasteiger partial charge < -0.3 is 10.4 Å². The van der Waals surface area contributed by atoms with Crippen LogP contribution in [0.5, 0.6) is 0 Å². The maximum atomic E-state index is 10.7. The predicted molar refractivity (Wildman–Crippen MR) is 62.5 cm³/mol. The zero-order valence-electron chi connectivity index (χ0n) is 9.12. The molecule has 0 aromatic carbocycles. The fourth-order valence-electron chi connectivity index (χ4n) is 1.41. The topological polar surface area (TPSA) is 49.3 Å². The van der Waals surface area contributed by atoms with Crippen LogP contribution in [0.2, 0.25) is 0 Å². The van der Waals surface area contributed by atoms with Crippen LogP contribution in [0.1, 0.15) is 41.2 Å². The minimum atomic E-state index is -0.839. The average Bonchev–Trinajstić information content (AvgIpc) is 2.68. The fourth-order valence-corrected chi connectivity index (χ4v) is 2.21. The lowest BCUT2D eigenvalue weighted by Crippen LogP contribution is -2.26. The number of carboxylic acids is 1. The zero-order valence-corrected chi connectivity index (χ0v) is 9.93. The van der Waals surface area contributed by atoms with Crippen molar-refractivity contribution in [3.63, 3.8) is 0 Å². The van der Waals surface area contributed by atoms with E-state index in [1.54, 1.807) is 6.07 Å². The van der Waals surface area contributed by atoms with Crippen LogP contribution in [0.15, 0.2) is 12.1 Å². The Morgan fingerprint density at radius 2 is 2.13 bits per heavy atom. The molecule has 15 heavy (non-hydrogen) atoms. The highest BCUT2D eigenvalue weighted by Gasteiger charge is 2.08. The molecular weight excluding hydrogens is 210 g/mol. The molecule has 84 valence electrons. The normalized spacial score (nSPS) is 10.9. The van der Waals surface area contributed by atoms with Crippen LogP contribution >= 0.6 is 11.3 Å². The molecule has 0 spiro atoms. The lowest BCUT2D eigenvalue weighted by molar-refractivity contribution is 0.0702. The highest BCUT2D eigenvalue weighted by atomic mass is 32.1. The third-order valence-corrected chi connectivity index (χ3v) is 3.50. The van der Waals surface area contributed by atoms with Crippen molar-refractivity contribution < 1.29 is 9.90 Å². The van der Waals surface area contributed by atoms with Crippen molar-refractivity contribution in [2.45, 2.75) is 39.3 Å². The summed E-state index contributed by atoms with van der Waals surface area (Å²) in [6.45, 7) is 5.07. The van der Waals surface area contributed by atoms with Gasteiger partial charge in [-0.05, 0) is 25.0 Å². The molecular formula is C11H17NO2S. The maximum Gasteiger partial charge on any atom is 0.345 e. The molecule has 1 aromatic heterocycles. The molecule has 1 heterocycles. The van der Waals surface area contributed by atoms with E-state index in [-0.39, 0.29) is 0 Å². The summed E-state index contributed by atoms with van der Waals surface area (Å²) in [5.41, 5.74) is 0. The van der Waals surface area contributed by atoms with Crippen molar-refractivity contribution in [2.75, 3.05) is 0 Å². The molecule has 0 aliphatic carbocycles. The van der Waals surface area contributed by atoms with Gasteiger partial charge in [-0.15, -0.1) is 11.3 Å². The first-order valence-electron chi connectivity index (χ1n) is 5.22. The molecule has 0 unspecified atom stereocenters. The number of hydrogen-bond donors (Lipinski definition) is 2. The smallest absolute Gasteiger partial charge is 0.345 e. The van der Waals surface area contributed by atoms with Crippen molar-refractivity contribution in [1.82, 2.24) is 5.32 Å². The Bertz CT molecular complexity index is 318. The summed E-state index contributed by atoms with van der Waals surface area (Å²) in [7, 11) is 0. The molecule has 2 N–H and O–H groups in total. The number of rotatable bonds is 6. The SMILES string of the molecule is CCC(CC)NCc1ccc(C(=O)O)s1. The summed E-state index contributed by atoms with van der Waals surface area (Å²) in [5, 5.41) is 12.2. The third-order valence-electron chi connectivity index (χ3n) is 2.42. The molecule has 0 aliphatic rings. The second kappa shape index (κ2) is 5.88. The monoisotopic (exact) mass is 227 g/mol. The van der Waals surface area contributed by atoms with E-state index in [2.05, 4.69) is 19.2 Å². The van der Waals surface area contributed by atoms with Crippen LogP contribution in [0.25, 0.3) is 0 Å². The quantitative estimate of drug-likeness (QED) is 0.785. The fraction of sp³-hybridized carbons (Fsp3) is 0.545. The van der Waals surface area contributed by atoms with Crippen molar-refractivity contribution in [3.05, 3.63) is 21.9 Å². The molecule has 4 heteroatoms. The third kappa shape index (κ3) is 3.64. The summed E-state index contributed by atoms with van der Waals surface area (Å²) in [6, 6.07) is 4.07. The summed E-state index contributed by atoms with van der Waals surface area (Å²) >= 11 is 1.34. The van der Waals surface area contributed by atoms with Crippen LogP contribution in [0.3, 0.4) is 0 Å². The van der Waals surface area contributed by atoms with Gasteiger partial charge in [-0.1, -0.05) is 13.8 Å². The van der Waals surface area contributed by atoms with Gasteiger partial charge in [0.2, 0.25) is 0 Å². The van der Waals surface area contributed by atoms with Crippen LogP contribution in [-0.2, 0) is 6.54 Å². The Kier molecular flexibility index (Phi) is 4.78. The summed E-state index contributed by atoms with van der Waals surface area (Å²) in [4.78, 5) is 12.2. The molecule has 0 bridgehead atoms. The van der Waals surface area contributed by atoms with Gasteiger partial charge in [0, 0.05) is 17.5 Å². The number of nitrogens with one attached hydrogen (secondary N) is 1. The van der Waals surface area contributed by atoms with Gasteiger partial charge in [-0.3, -0.25) is 0 Å². The molecule has 0 aliphatic heterocycles. The first kappa shape index (κ1) is 12.2. The molecule has 0 radical (unpaired) electrons. The van der Waals surface area contributed by atoms with E-state index >= 15 is 0 Å². The standard InChI is InChI=1S/C11H17NO2S/c1-3-8(4-2)12-7-9-5-6-10(15-9)11(13)14/h5-6,8,12H,3-4,7H2,1-2H3,(H,13,14). The van der Waals surface area contributed by atoms with Gasteiger partial charge >= 0.3 is 5.97 Å². The van der Waals surface area contributed by atoms with Crippen molar-refractivity contribution in [2.24, 2.45) is 0 Å². The van der Waals surface area contributed by atoms with E-state index in [4.69, 9.17) is 5.11 Å². The number of thiophene rings is 1. The lowest BCUT2D eigenvalue weighted by atomic mass is 10.2. The van der Waals surface area contributed by atoms with E-state index < -0.39 is 5.97 Å². The summed E-state index contributed by atoms with van der Waals surface area (Å²) in [6.07, 6.45) is 2.21. The number of hydrogen-bond acceptors (Lipinski definition) is 3. The van der Waals surface area contributed by atoms with Crippen LogP contribution in [0, 0.1) is 0 Å². The van der Waals surface area contributed by atoms with E-state index in [1.807, 2.05) is 6.07 Å². The van der Waals surface area contributed by atoms with E-state index in [1.165, 1.54) is 11.3 Å². The minimum Gasteiger partial charge on any atom is -0.477 e. The number of carboxylic acid groups (broad SMARTS) is 1. The zero-order chi connectivity index (χ0) is 11.3. The molecule has 0 fully saturated rings. The van der Waals surface area contributed by atoms with Gasteiger partial charge in [0.15, 0.2) is 0 Å². The molecule has 0 amide bonds. The van der Waals surface area contributed by atoms with Crippen LogP contribution in [-0.4, -0.2) is 17.1 Å². The maximum absolute atomic E-state index is 10.7. The highest BCUT2D eigenvalue weighted by Crippen LogP contribution is 2.16. The second-order valence-electron chi connectivity index (χ2n) is 3.47. The minimum absolute atomic E-state index is 0.413. The average molecular weight is 227 g/mol. The Morgan fingerprint density at radius 1 is 1.47 bits per heavy atom. The molecule has 0 atom stereocenters. The lowest BCUT2D eigenvalue weighted by Gasteiger charge is -2.13. The van der Waals surface area contributed by atoms with Crippen molar-refractivity contribution >= 4 is 17.3 Å². The Morgan fingerprint density at radius 3 is 2.60 bits per heavy atom.